The van der Waals surface area contributed by atoms with Crippen LogP contribution in [0.5, 0.6) is 0 Å². The summed E-state index contributed by atoms with van der Waals surface area (Å²) in [6.07, 6.45) is 7.52. The number of epoxide rings is 1. The molecule has 7 atom stereocenters. The third-order valence-corrected chi connectivity index (χ3v) is 10.8. The Morgan fingerprint density at radius 1 is 1.03 bits per heavy atom. The summed E-state index contributed by atoms with van der Waals surface area (Å²) in [4.78, 5) is 15.8. The Morgan fingerprint density at radius 3 is 2.35 bits per heavy atom. The molecule has 5 aliphatic rings. The first-order valence-electron chi connectivity index (χ1n) is 14.3. The molecule has 2 aromatic carbocycles. The van der Waals surface area contributed by atoms with Gasteiger partial charge in [0, 0.05) is 18.5 Å². The second kappa shape index (κ2) is 8.65. The van der Waals surface area contributed by atoms with Gasteiger partial charge >= 0.3 is 5.97 Å². The highest BCUT2D eigenvalue weighted by Gasteiger charge is 2.65. The van der Waals surface area contributed by atoms with Gasteiger partial charge in [-0.3, -0.25) is 9.69 Å². The summed E-state index contributed by atoms with van der Waals surface area (Å²) in [5.41, 5.74) is 0.955. The zero-order valence-electron chi connectivity index (χ0n) is 21.9. The minimum Gasteiger partial charge on any atom is -0.462 e. The summed E-state index contributed by atoms with van der Waals surface area (Å²) < 4.78 is 12.2. The number of nitrogens with zero attached hydrogens (tertiary/aromatic N) is 1. The monoisotopic (exact) mass is 501 g/mol. The molecule has 0 amide bonds. The average Bonchev–Trinajstić information content (AvgIpc) is 3.40. The second-order valence-corrected chi connectivity index (χ2v) is 12.8. The molecule has 0 unspecified atom stereocenters. The fraction of sp³-hybridized carbons (Fsp3) is 0.594. The Morgan fingerprint density at radius 2 is 1.70 bits per heavy atom. The molecule has 5 nitrogen and oxygen atoms in total. The van der Waals surface area contributed by atoms with Crippen LogP contribution < -0.4 is 0 Å². The minimum atomic E-state index is -1.14. The molecule has 2 saturated carbocycles. The van der Waals surface area contributed by atoms with Crippen molar-refractivity contribution in [1.29, 1.82) is 0 Å². The summed E-state index contributed by atoms with van der Waals surface area (Å²) in [6, 6.07) is 20.0. The number of ether oxygens (including phenoxy) is 2. The fourth-order valence-corrected chi connectivity index (χ4v) is 8.87. The Labute approximate surface area is 220 Å². The molecule has 1 spiro atoms. The van der Waals surface area contributed by atoms with Gasteiger partial charge in [0.1, 0.15) is 11.7 Å². The molecule has 5 fully saturated rings. The van der Waals surface area contributed by atoms with Crippen LogP contribution in [-0.2, 0) is 19.9 Å². The van der Waals surface area contributed by atoms with Gasteiger partial charge in [-0.1, -0.05) is 67.6 Å². The SMILES string of the molecule is C[C@]12CCC[C@@]3(CO3)[C@H]1C[C@H]1[C@@H](C2)OC(=O)[C@@H]1CN1CCC[C@@H]1C(O)(c1ccccc1)c1ccccc1. The first kappa shape index (κ1) is 23.9. The van der Waals surface area contributed by atoms with E-state index in [9.17, 15) is 9.90 Å². The Hall–Kier alpha value is -2.21. The van der Waals surface area contributed by atoms with Crippen molar-refractivity contribution >= 4 is 5.97 Å². The molecule has 3 aliphatic heterocycles. The molecule has 196 valence electrons. The first-order chi connectivity index (χ1) is 17.9. The van der Waals surface area contributed by atoms with Crippen molar-refractivity contribution in [3.8, 4) is 0 Å². The lowest BCUT2D eigenvalue weighted by atomic mass is 9.53. The van der Waals surface area contributed by atoms with Crippen LogP contribution in [0.2, 0.25) is 0 Å². The normalized spacial score (nSPS) is 39.3. The maximum Gasteiger partial charge on any atom is 0.310 e. The molecular weight excluding hydrogens is 462 g/mol. The Balaban J connectivity index is 1.18. The van der Waals surface area contributed by atoms with E-state index in [2.05, 4.69) is 11.8 Å². The van der Waals surface area contributed by atoms with Crippen LogP contribution in [0.1, 0.15) is 63.0 Å². The molecule has 0 radical (unpaired) electrons. The van der Waals surface area contributed by atoms with Gasteiger partial charge in [0.25, 0.3) is 0 Å². The van der Waals surface area contributed by atoms with Gasteiger partial charge in [-0.2, -0.15) is 0 Å². The van der Waals surface area contributed by atoms with E-state index >= 15 is 0 Å². The van der Waals surface area contributed by atoms with Crippen LogP contribution in [0.4, 0.5) is 0 Å². The van der Waals surface area contributed by atoms with Gasteiger partial charge < -0.3 is 14.6 Å². The van der Waals surface area contributed by atoms with Gasteiger partial charge in [0.15, 0.2) is 0 Å². The average molecular weight is 502 g/mol. The van der Waals surface area contributed by atoms with Gasteiger partial charge in [0.2, 0.25) is 0 Å². The van der Waals surface area contributed by atoms with Crippen LogP contribution >= 0.6 is 0 Å². The summed E-state index contributed by atoms with van der Waals surface area (Å²) >= 11 is 0. The number of hydrogen-bond acceptors (Lipinski definition) is 5. The molecule has 0 aromatic heterocycles. The topological polar surface area (TPSA) is 62.3 Å². The van der Waals surface area contributed by atoms with Crippen molar-refractivity contribution < 1.29 is 19.4 Å². The molecule has 37 heavy (non-hydrogen) atoms. The number of aliphatic hydroxyl groups is 1. The molecular formula is C32H39NO4. The van der Waals surface area contributed by atoms with Crippen molar-refractivity contribution in [3.63, 3.8) is 0 Å². The number of carbonyl (C=O) groups excluding carboxylic acids is 1. The van der Waals surface area contributed by atoms with Crippen LogP contribution in [0.15, 0.2) is 60.7 Å². The van der Waals surface area contributed by atoms with Gasteiger partial charge in [0.05, 0.1) is 18.1 Å². The minimum absolute atomic E-state index is 0.0239. The van der Waals surface area contributed by atoms with E-state index in [1.807, 2.05) is 60.7 Å². The number of fused-ring (bicyclic) bond motifs is 3. The quantitative estimate of drug-likeness (QED) is 0.466. The molecule has 2 aromatic rings. The molecule has 7 rings (SSSR count). The summed E-state index contributed by atoms with van der Waals surface area (Å²) in [5, 5.41) is 12.5. The third kappa shape index (κ3) is 3.72. The number of likely N-dealkylation sites (tertiary alicyclic amines) is 1. The van der Waals surface area contributed by atoms with E-state index in [-0.39, 0.29) is 41.0 Å². The highest BCUT2D eigenvalue weighted by atomic mass is 16.6. The number of esters is 1. The predicted octanol–water partition coefficient (Wildman–Crippen LogP) is 4.91. The van der Waals surface area contributed by atoms with Crippen molar-refractivity contribution in [3.05, 3.63) is 71.8 Å². The van der Waals surface area contributed by atoms with Crippen LogP contribution in [0.25, 0.3) is 0 Å². The standard InChI is InChI=1S/C32H39NO4/c1-30-15-9-16-31(21-36-31)27(30)18-24-25(29(34)37-26(24)19-30)20-33-17-8-14-28(33)32(35,22-10-4-2-5-11-22)23-12-6-3-7-13-23/h2-7,10-13,24-28,35H,8-9,14-21H2,1H3/t24-,25-,26-,27+,28-,30-,31-/m1/s1. The van der Waals surface area contributed by atoms with Gasteiger partial charge in [-0.15, -0.1) is 0 Å². The summed E-state index contributed by atoms with van der Waals surface area (Å²) in [5.74, 6) is 0.597. The van der Waals surface area contributed by atoms with Crippen molar-refractivity contribution in [2.75, 3.05) is 19.7 Å². The lowest BCUT2D eigenvalue weighted by Gasteiger charge is -2.51. The Bertz CT molecular complexity index is 1110. The number of benzene rings is 2. The molecule has 3 heterocycles. The van der Waals surface area contributed by atoms with Crippen molar-refractivity contribution in [2.24, 2.45) is 23.2 Å². The van der Waals surface area contributed by atoms with Crippen molar-refractivity contribution in [2.45, 2.75) is 75.2 Å². The molecule has 0 bridgehead atoms. The fourth-order valence-electron chi connectivity index (χ4n) is 8.87. The molecule has 5 heteroatoms. The van der Waals surface area contributed by atoms with E-state index < -0.39 is 5.60 Å². The highest BCUT2D eigenvalue weighted by Crippen LogP contribution is 2.63. The van der Waals surface area contributed by atoms with E-state index in [4.69, 9.17) is 9.47 Å². The number of rotatable bonds is 5. The lowest BCUT2D eigenvalue weighted by molar-refractivity contribution is -0.147. The third-order valence-electron chi connectivity index (χ3n) is 10.8. The predicted molar refractivity (Wildman–Crippen MR) is 141 cm³/mol. The van der Waals surface area contributed by atoms with Crippen LogP contribution in [0, 0.1) is 23.2 Å². The van der Waals surface area contributed by atoms with Gasteiger partial charge in [-0.25, -0.2) is 0 Å². The second-order valence-electron chi connectivity index (χ2n) is 12.8. The van der Waals surface area contributed by atoms with E-state index in [1.54, 1.807) is 0 Å². The van der Waals surface area contributed by atoms with E-state index in [0.29, 0.717) is 12.5 Å². The van der Waals surface area contributed by atoms with Gasteiger partial charge in [-0.05, 0) is 74.0 Å². The van der Waals surface area contributed by atoms with E-state index in [1.165, 1.54) is 19.3 Å². The number of hydrogen-bond donors (Lipinski definition) is 1. The zero-order valence-corrected chi connectivity index (χ0v) is 21.9. The summed E-state index contributed by atoms with van der Waals surface area (Å²) in [7, 11) is 0. The number of carbonyl (C=O) groups is 1. The smallest absolute Gasteiger partial charge is 0.310 e. The van der Waals surface area contributed by atoms with Crippen molar-refractivity contribution in [1.82, 2.24) is 4.90 Å². The zero-order chi connectivity index (χ0) is 25.3. The van der Waals surface area contributed by atoms with E-state index in [0.717, 1.165) is 50.0 Å². The molecule has 1 N–H and O–H groups in total. The maximum atomic E-state index is 13.4. The largest absolute Gasteiger partial charge is 0.462 e. The Kier molecular flexibility index (Phi) is 5.58. The highest BCUT2D eigenvalue weighted by molar-refractivity contribution is 5.75. The maximum absolute atomic E-state index is 13.4. The van der Waals surface area contributed by atoms with Crippen LogP contribution in [-0.4, -0.2) is 53.4 Å². The summed E-state index contributed by atoms with van der Waals surface area (Å²) in [6.45, 7) is 4.85. The lowest BCUT2D eigenvalue weighted by Crippen LogP contribution is -2.53. The van der Waals surface area contributed by atoms with Crippen LogP contribution in [0.3, 0.4) is 0 Å². The molecule has 3 saturated heterocycles. The first-order valence-corrected chi connectivity index (χ1v) is 14.3. The molecule has 2 aliphatic carbocycles.